The van der Waals surface area contributed by atoms with Gasteiger partial charge in [-0.15, -0.1) is 0 Å². The molecule has 0 saturated carbocycles. The molecule has 3 unspecified atom stereocenters. The van der Waals surface area contributed by atoms with Crippen molar-refractivity contribution in [1.29, 1.82) is 0 Å². The van der Waals surface area contributed by atoms with Crippen molar-refractivity contribution in [3.63, 3.8) is 0 Å². The third-order valence-electron chi connectivity index (χ3n) is 13.3. The number of hydrogen-bond acceptors (Lipinski definition) is 4. The molecule has 368 valence electrons. The highest BCUT2D eigenvalue weighted by molar-refractivity contribution is 5.76. The van der Waals surface area contributed by atoms with E-state index in [0.717, 1.165) is 38.5 Å². The van der Waals surface area contributed by atoms with E-state index in [1.165, 1.54) is 244 Å². The lowest BCUT2D eigenvalue weighted by atomic mass is 10.0. The van der Waals surface area contributed by atoms with Crippen LogP contribution in [0.3, 0.4) is 0 Å². The molecule has 3 atom stereocenters. The lowest BCUT2D eigenvalue weighted by molar-refractivity contribution is -0.124. The Balaban J connectivity index is 3.55. The van der Waals surface area contributed by atoms with Crippen molar-refractivity contribution >= 4 is 5.91 Å². The molecular formula is C57H111NO4. The molecule has 0 radical (unpaired) electrons. The molecule has 0 bridgehead atoms. The lowest BCUT2D eigenvalue weighted by Crippen LogP contribution is -2.50. The van der Waals surface area contributed by atoms with Gasteiger partial charge in [0, 0.05) is 6.42 Å². The number of carbonyl (C=O) groups is 1. The van der Waals surface area contributed by atoms with Gasteiger partial charge in [-0.05, 0) is 64.2 Å². The van der Waals surface area contributed by atoms with Gasteiger partial charge in [-0.2, -0.15) is 0 Å². The molecule has 5 heteroatoms. The molecule has 1 amide bonds. The van der Waals surface area contributed by atoms with Crippen molar-refractivity contribution in [3.05, 3.63) is 24.3 Å². The van der Waals surface area contributed by atoms with E-state index >= 15 is 0 Å². The van der Waals surface area contributed by atoms with E-state index in [1.54, 1.807) is 0 Å². The Labute approximate surface area is 388 Å². The topological polar surface area (TPSA) is 89.8 Å². The average Bonchev–Trinajstić information content (AvgIpc) is 3.28. The normalized spacial score (nSPS) is 13.4. The fourth-order valence-corrected chi connectivity index (χ4v) is 8.93. The number of unbranched alkanes of at least 4 members (excludes halogenated alkanes) is 40. The zero-order valence-corrected chi connectivity index (χ0v) is 42.0. The molecule has 0 heterocycles. The molecule has 0 aromatic carbocycles. The Hall–Kier alpha value is -1.17. The quantitative estimate of drug-likeness (QED) is 0.0362. The highest BCUT2D eigenvalue weighted by Gasteiger charge is 2.26. The van der Waals surface area contributed by atoms with Crippen LogP contribution in [0.25, 0.3) is 0 Å². The van der Waals surface area contributed by atoms with Gasteiger partial charge >= 0.3 is 0 Å². The summed E-state index contributed by atoms with van der Waals surface area (Å²) in [5.41, 5.74) is 0. The number of rotatable bonds is 52. The number of amides is 1. The van der Waals surface area contributed by atoms with Gasteiger partial charge in [0.05, 0.1) is 18.8 Å². The fraction of sp³-hybridized carbons (Fsp3) is 0.912. The van der Waals surface area contributed by atoms with E-state index in [2.05, 4.69) is 43.5 Å². The van der Waals surface area contributed by atoms with E-state index in [4.69, 9.17) is 0 Å². The van der Waals surface area contributed by atoms with Gasteiger partial charge in [0.2, 0.25) is 5.91 Å². The molecule has 0 aliphatic rings. The molecule has 4 N–H and O–H groups in total. The summed E-state index contributed by atoms with van der Waals surface area (Å²) >= 11 is 0. The Morgan fingerprint density at radius 1 is 0.387 bits per heavy atom. The van der Waals surface area contributed by atoms with Crippen LogP contribution in [0, 0.1) is 0 Å². The van der Waals surface area contributed by atoms with Crippen molar-refractivity contribution in [2.45, 2.75) is 327 Å². The Morgan fingerprint density at radius 3 is 0.935 bits per heavy atom. The maximum Gasteiger partial charge on any atom is 0.220 e. The molecule has 0 rings (SSSR count). The molecule has 0 aliphatic heterocycles. The van der Waals surface area contributed by atoms with Crippen molar-refractivity contribution in [3.8, 4) is 0 Å². The highest BCUT2D eigenvalue weighted by Crippen LogP contribution is 2.17. The first-order valence-corrected chi connectivity index (χ1v) is 28.1. The Kier molecular flexibility index (Phi) is 51.5. The summed E-state index contributed by atoms with van der Waals surface area (Å²) in [6.45, 7) is 4.20. The predicted octanol–water partition coefficient (Wildman–Crippen LogP) is 17.3. The van der Waals surface area contributed by atoms with Crippen LogP contribution in [0.4, 0.5) is 0 Å². The minimum absolute atomic E-state index is 0.150. The summed E-state index contributed by atoms with van der Waals surface area (Å²) in [4.78, 5) is 12.5. The van der Waals surface area contributed by atoms with Crippen LogP contribution in [-0.2, 0) is 4.79 Å². The van der Waals surface area contributed by atoms with E-state index in [1.807, 2.05) is 0 Å². The van der Waals surface area contributed by atoms with Gasteiger partial charge < -0.3 is 20.6 Å². The molecule has 0 spiro atoms. The van der Waals surface area contributed by atoms with Crippen molar-refractivity contribution < 1.29 is 20.1 Å². The number of hydrogen-bond donors (Lipinski definition) is 4. The number of carbonyl (C=O) groups excluding carboxylic acids is 1. The Bertz CT molecular complexity index is 920. The second-order valence-corrected chi connectivity index (χ2v) is 19.5. The SMILES string of the molecule is CCCCCCCCCCCCCC/C=C\CCCCCCCCCCCCCCC(=O)NC(CO)C(O)C(O)CCC/C=C/CCCCCCCCCCCCCCCCC. The van der Waals surface area contributed by atoms with Crippen molar-refractivity contribution in [2.24, 2.45) is 0 Å². The zero-order chi connectivity index (χ0) is 45.1. The second kappa shape index (κ2) is 52.5. The predicted molar refractivity (Wildman–Crippen MR) is 273 cm³/mol. The third kappa shape index (κ3) is 46.8. The molecule has 0 aromatic rings. The van der Waals surface area contributed by atoms with Gasteiger partial charge in [-0.3, -0.25) is 4.79 Å². The summed E-state index contributed by atoms with van der Waals surface area (Å²) < 4.78 is 0. The first-order valence-electron chi connectivity index (χ1n) is 28.1. The first-order chi connectivity index (χ1) is 30.6. The standard InChI is InChI=1S/C57H111NO4/c1-3-5-7-9-11-13-15-17-19-21-23-25-26-27-28-29-30-31-32-34-36-38-40-42-44-46-48-50-52-56(61)58-54(53-59)57(62)55(60)51-49-47-45-43-41-39-37-35-33-24-22-20-18-16-14-12-10-8-6-4-2/h27-28,43,45,54-55,57,59-60,62H,3-26,29-42,44,46-53H2,1-2H3,(H,58,61)/b28-27-,45-43+. The van der Waals surface area contributed by atoms with Crippen molar-refractivity contribution in [1.82, 2.24) is 5.32 Å². The largest absolute Gasteiger partial charge is 0.394 e. The lowest BCUT2D eigenvalue weighted by Gasteiger charge is -2.26. The van der Waals surface area contributed by atoms with Crippen LogP contribution in [0.5, 0.6) is 0 Å². The van der Waals surface area contributed by atoms with Gasteiger partial charge in [0.1, 0.15) is 6.10 Å². The molecule has 0 saturated heterocycles. The maximum absolute atomic E-state index is 12.5. The summed E-state index contributed by atoms with van der Waals surface area (Å²) in [6, 6.07) is -0.825. The van der Waals surface area contributed by atoms with Crippen LogP contribution < -0.4 is 5.32 Å². The van der Waals surface area contributed by atoms with Gasteiger partial charge in [0.15, 0.2) is 0 Å². The average molecular weight is 875 g/mol. The van der Waals surface area contributed by atoms with Crippen LogP contribution in [0.1, 0.15) is 309 Å². The molecule has 5 nitrogen and oxygen atoms in total. The minimum Gasteiger partial charge on any atom is -0.394 e. The van der Waals surface area contributed by atoms with E-state index in [0.29, 0.717) is 12.8 Å². The number of aliphatic hydroxyl groups is 3. The first kappa shape index (κ1) is 60.8. The molecule has 0 fully saturated rings. The van der Waals surface area contributed by atoms with E-state index < -0.39 is 18.2 Å². The molecule has 0 aliphatic carbocycles. The van der Waals surface area contributed by atoms with Crippen molar-refractivity contribution in [2.75, 3.05) is 6.61 Å². The smallest absolute Gasteiger partial charge is 0.220 e. The van der Waals surface area contributed by atoms with Gasteiger partial charge in [-0.1, -0.05) is 263 Å². The highest BCUT2D eigenvalue weighted by atomic mass is 16.3. The summed E-state index contributed by atoms with van der Waals surface area (Å²) in [5, 5.41) is 33.7. The summed E-state index contributed by atoms with van der Waals surface area (Å²) in [7, 11) is 0. The number of nitrogens with one attached hydrogen (secondary N) is 1. The van der Waals surface area contributed by atoms with Crippen LogP contribution in [0.2, 0.25) is 0 Å². The van der Waals surface area contributed by atoms with E-state index in [9.17, 15) is 20.1 Å². The van der Waals surface area contributed by atoms with Crippen LogP contribution in [0.15, 0.2) is 24.3 Å². The third-order valence-corrected chi connectivity index (χ3v) is 13.3. The molecule has 0 aromatic heterocycles. The monoisotopic (exact) mass is 874 g/mol. The van der Waals surface area contributed by atoms with E-state index in [-0.39, 0.29) is 12.5 Å². The molecular weight excluding hydrogens is 763 g/mol. The van der Waals surface area contributed by atoms with Crippen LogP contribution in [-0.4, -0.2) is 46.1 Å². The fourth-order valence-electron chi connectivity index (χ4n) is 8.93. The summed E-state index contributed by atoms with van der Waals surface area (Å²) in [5.74, 6) is -0.150. The number of allylic oxidation sites excluding steroid dienone is 4. The Morgan fingerprint density at radius 2 is 0.645 bits per heavy atom. The van der Waals surface area contributed by atoms with Gasteiger partial charge in [-0.25, -0.2) is 0 Å². The summed E-state index contributed by atoms with van der Waals surface area (Å²) in [6.07, 6.45) is 66.2. The molecule has 62 heavy (non-hydrogen) atoms. The maximum atomic E-state index is 12.5. The minimum atomic E-state index is -1.16. The second-order valence-electron chi connectivity index (χ2n) is 19.5. The zero-order valence-electron chi connectivity index (χ0n) is 42.0. The van der Waals surface area contributed by atoms with Gasteiger partial charge in [0.25, 0.3) is 0 Å². The number of aliphatic hydroxyl groups excluding tert-OH is 3. The van der Waals surface area contributed by atoms with Crippen LogP contribution >= 0.6 is 0 Å².